The molecule has 1 aliphatic rings. The minimum absolute atomic E-state index is 0.111. The van der Waals surface area contributed by atoms with Crippen LogP contribution in [0.25, 0.3) is 0 Å². The van der Waals surface area contributed by atoms with E-state index in [0.29, 0.717) is 6.42 Å². The van der Waals surface area contributed by atoms with Crippen LogP contribution in [0.1, 0.15) is 38.7 Å². The zero-order chi connectivity index (χ0) is 16.5. The van der Waals surface area contributed by atoms with E-state index in [1.165, 1.54) is 7.11 Å². The van der Waals surface area contributed by atoms with Crippen LogP contribution in [0.5, 0.6) is 0 Å². The van der Waals surface area contributed by atoms with Crippen molar-refractivity contribution >= 4 is 28.0 Å². The van der Waals surface area contributed by atoms with E-state index >= 15 is 0 Å². The third-order valence-corrected chi connectivity index (χ3v) is 4.04. The number of methoxy groups -OCH3 is 1. The lowest BCUT2D eigenvalue weighted by molar-refractivity contribution is -0.144. The number of rotatable bonds is 3. The van der Waals surface area contributed by atoms with Crippen molar-refractivity contribution in [2.24, 2.45) is 0 Å². The smallest absolute Gasteiger partial charge is 0.408 e. The normalized spacial score (nSPS) is 23.6. The number of nitrogens with one attached hydrogen (secondary N) is 1. The fourth-order valence-corrected chi connectivity index (χ4v) is 2.71. The van der Waals surface area contributed by atoms with E-state index < -0.39 is 23.2 Å². The van der Waals surface area contributed by atoms with E-state index in [0.717, 1.165) is 10.0 Å². The van der Waals surface area contributed by atoms with Crippen LogP contribution in [0.15, 0.2) is 28.7 Å². The van der Waals surface area contributed by atoms with Gasteiger partial charge in [-0.25, -0.2) is 9.59 Å². The predicted octanol–water partition coefficient (Wildman–Crippen LogP) is 3.37. The third-order valence-electron chi connectivity index (χ3n) is 3.51. The van der Waals surface area contributed by atoms with Crippen LogP contribution in [0.2, 0.25) is 0 Å². The summed E-state index contributed by atoms with van der Waals surface area (Å²) < 4.78 is 11.1. The topological polar surface area (TPSA) is 64.6 Å². The maximum Gasteiger partial charge on any atom is 0.408 e. The third kappa shape index (κ3) is 3.61. The highest BCUT2D eigenvalue weighted by Crippen LogP contribution is 2.52. The summed E-state index contributed by atoms with van der Waals surface area (Å²) >= 11 is 3.38. The number of hydrogen-bond acceptors (Lipinski definition) is 4. The van der Waals surface area contributed by atoms with Crippen molar-refractivity contribution < 1.29 is 19.1 Å². The minimum atomic E-state index is -1.04. The Morgan fingerprint density at radius 1 is 1.27 bits per heavy atom. The van der Waals surface area contributed by atoms with Gasteiger partial charge in [-0.05, 0) is 44.9 Å². The molecule has 22 heavy (non-hydrogen) atoms. The van der Waals surface area contributed by atoms with Crippen LogP contribution in [0, 0.1) is 0 Å². The van der Waals surface area contributed by atoms with E-state index in [2.05, 4.69) is 21.2 Å². The second-order valence-corrected chi connectivity index (χ2v) is 7.31. The average Bonchev–Trinajstić information content (AvgIpc) is 3.11. The predicted molar refractivity (Wildman–Crippen MR) is 85.6 cm³/mol. The van der Waals surface area contributed by atoms with Gasteiger partial charge >= 0.3 is 12.1 Å². The molecule has 1 aliphatic carbocycles. The molecule has 1 amide bonds. The lowest BCUT2D eigenvalue weighted by atomic mass is 10.1. The molecule has 0 unspecified atom stereocenters. The van der Waals surface area contributed by atoms with Crippen LogP contribution < -0.4 is 5.32 Å². The van der Waals surface area contributed by atoms with Crippen LogP contribution in [0.3, 0.4) is 0 Å². The van der Waals surface area contributed by atoms with Gasteiger partial charge in [0.15, 0.2) is 0 Å². The SMILES string of the molecule is COC(=O)[C@@]1(NC(=O)OC(C)(C)C)C[C@H]1c1ccc(Br)cc1. The summed E-state index contributed by atoms with van der Waals surface area (Å²) in [5.74, 6) is -0.563. The molecule has 1 aromatic carbocycles. The molecule has 0 aromatic heterocycles. The molecular weight excluding hydrogens is 350 g/mol. The van der Waals surface area contributed by atoms with Crippen molar-refractivity contribution in [2.75, 3.05) is 7.11 Å². The highest BCUT2D eigenvalue weighted by Gasteiger charge is 2.63. The summed E-state index contributed by atoms with van der Waals surface area (Å²) in [6.07, 6.45) is -0.113. The molecule has 0 aliphatic heterocycles. The van der Waals surface area contributed by atoms with Crippen LogP contribution in [-0.4, -0.2) is 30.3 Å². The Kier molecular flexibility index (Phi) is 4.52. The molecule has 6 heteroatoms. The monoisotopic (exact) mass is 369 g/mol. The number of hydrogen-bond donors (Lipinski definition) is 1. The maximum absolute atomic E-state index is 12.1. The molecule has 1 aromatic rings. The molecule has 0 heterocycles. The Hall–Kier alpha value is -1.56. The van der Waals surface area contributed by atoms with Gasteiger partial charge in [0.05, 0.1) is 7.11 Å². The number of carbonyl (C=O) groups is 2. The summed E-state index contributed by atoms with van der Waals surface area (Å²) in [4.78, 5) is 24.2. The zero-order valence-electron chi connectivity index (χ0n) is 13.1. The molecule has 1 saturated carbocycles. The Morgan fingerprint density at radius 3 is 2.36 bits per heavy atom. The van der Waals surface area contributed by atoms with Gasteiger partial charge < -0.3 is 14.8 Å². The van der Waals surface area contributed by atoms with E-state index in [4.69, 9.17) is 9.47 Å². The van der Waals surface area contributed by atoms with Crippen molar-refractivity contribution in [1.82, 2.24) is 5.32 Å². The fourth-order valence-electron chi connectivity index (χ4n) is 2.44. The van der Waals surface area contributed by atoms with Gasteiger partial charge in [-0.15, -0.1) is 0 Å². The first kappa shape index (κ1) is 16.8. The lowest BCUT2D eigenvalue weighted by Crippen LogP contribution is -2.47. The minimum Gasteiger partial charge on any atom is -0.467 e. The Balaban J connectivity index is 2.16. The number of alkyl carbamates (subject to hydrolysis) is 1. The number of amides is 1. The van der Waals surface area contributed by atoms with E-state index in [1.54, 1.807) is 20.8 Å². The summed E-state index contributed by atoms with van der Waals surface area (Å²) in [5.41, 5.74) is -0.682. The highest BCUT2D eigenvalue weighted by atomic mass is 79.9. The van der Waals surface area contributed by atoms with Crippen molar-refractivity contribution in [2.45, 2.75) is 44.2 Å². The molecule has 0 saturated heterocycles. The van der Waals surface area contributed by atoms with Gasteiger partial charge in [-0.3, -0.25) is 0 Å². The van der Waals surface area contributed by atoms with Crippen molar-refractivity contribution in [3.63, 3.8) is 0 Å². The van der Waals surface area contributed by atoms with Gasteiger partial charge in [0.1, 0.15) is 11.1 Å². The molecule has 0 radical (unpaired) electrons. The molecular formula is C16H20BrNO4. The first-order valence-corrected chi connectivity index (χ1v) is 7.82. The number of ether oxygens (including phenoxy) is 2. The van der Waals surface area contributed by atoms with E-state index in [9.17, 15) is 9.59 Å². The van der Waals surface area contributed by atoms with Crippen molar-refractivity contribution in [1.29, 1.82) is 0 Å². The lowest BCUT2D eigenvalue weighted by Gasteiger charge is -2.23. The number of halogens is 1. The van der Waals surface area contributed by atoms with Crippen molar-refractivity contribution in [3.05, 3.63) is 34.3 Å². The number of carbonyl (C=O) groups excluding carboxylic acids is 2. The first-order chi connectivity index (χ1) is 10.2. The molecule has 0 bridgehead atoms. The zero-order valence-corrected chi connectivity index (χ0v) is 14.7. The molecule has 2 atom stereocenters. The second-order valence-electron chi connectivity index (χ2n) is 6.40. The fraction of sp³-hybridized carbons (Fsp3) is 0.500. The summed E-state index contributed by atoms with van der Waals surface area (Å²) in [5, 5.41) is 2.69. The largest absolute Gasteiger partial charge is 0.467 e. The van der Waals surface area contributed by atoms with E-state index in [-0.39, 0.29) is 5.92 Å². The second kappa shape index (κ2) is 5.91. The molecule has 2 rings (SSSR count). The summed E-state index contributed by atoms with van der Waals surface area (Å²) in [6.45, 7) is 5.32. The summed E-state index contributed by atoms with van der Waals surface area (Å²) in [7, 11) is 1.32. The molecule has 5 nitrogen and oxygen atoms in total. The van der Waals surface area contributed by atoms with E-state index in [1.807, 2.05) is 24.3 Å². The standard InChI is InChI=1S/C16H20BrNO4/c1-15(2,3)22-14(20)18-16(13(19)21-4)9-12(16)10-5-7-11(17)8-6-10/h5-8,12H,9H2,1-4H3,(H,18,20)/t12-,16+/m0/s1. The molecule has 120 valence electrons. The van der Waals surface area contributed by atoms with Gasteiger partial charge in [0, 0.05) is 10.4 Å². The Bertz CT molecular complexity index is 579. The maximum atomic E-state index is 12.1. The van der Waals surface area contributed by atoms with Crippen LogP contribution in [0.4, 0.5) is 4.79 Å². The molecule has 0 spiro atoms. The van der Waals surface area contributed by atoms with Gasteiger partial charge in [-0.2, -0.15) is 0 Å². The number of benzene rings is 1. The van der Waals surface area contributed by atoms with Gasteiger partial charge in [0.25, 0.3) is 0 Å². The molecule has 1 N–H and O–H groups in total. The van der Waals surface area contributed by atoms with Gasteiger partial charge in [0.2, 0.25) is 0 Å². The van der Waals surface area contributed by atoms with Crippen LogP contribution in [-0.2, 0) is 14.3 Å². The first-order valence-electron chi connectivity index (χ1n) is 7.03. The Morgan fingerprint density at radius 2 is 1.86 bits per heavy atom. The summed E-state index contributed by atoms with van der Waals surface area (Å²) in [6, 6.07) is 7.67. The molecule has 1 fully saturated rings. The quantitative estimate of drug-likeness (QED) is 0.829. The Labute approximate surface area is 138 Å². The van der Waals surface area contributed by atoms with Crippen molar-refractivity contribution in [3.8, 4) is 0 Å². The average molecular weight is 370 g/mol. The van der Waals surface area contributed by atoms with Gasteiger partial charge in [-0.1, -0.05) is 28.1 Å². The van der Waals surface area contributed by atoms with Crippen LogP contribution >= 0.6 is 15.9 Å². The highest BCUT2D eigenvalue weighted by molar-refractivity contribution is 9.10. The number of esters is 1.